The third-order valence-electron chi connectivity index (χ3n) is 4.13. The van der Waals surface area contributed by atoms with Crippen LogP contribution in [-0.2, 0) is 15.7 Å². The molecule has 26 heavy (non-hydrogen) atoms. The lowest BCUT2D eigenvalue weighted by atomic mass is 10.0. The molecule has 0 radical (unpaired) electrons. The van der Waals surface area contributed by atoms with Crippen molar-refractivity contribution in [3.05, 3.63) is 23.8 Å². The Hall–Kier alpha value is -1.41. The van der Waals surface area contributed by atoms with E-state index in [4.69, 9.17) is 9.47 Å². The van der Waals surface area contributed by atoms with Gasteiger partial charge in [-0.15, -0.1) is 11.8 Å². The highest BCUT2D eigenvalue weighted by atomic mass is 32.2. The molecule has 4 nitrogen and oxygen atoms in total. The highest BCUT2D eigenvalue weighted by Crippen LogP contribution is 2.35. The van der Waals surface area contributed by atoms with Crippen LogP contribution in [0, 0.1) is 0 Å². The zero-order valence-corrected chi connectivity index (χ0v) is 15.5. The normalized spacial score (nSPS) is 15.7. The molecule has 0 bridgehead atoms. The van der Waals surface area contributed by atoms with E-state index in [2.05, 4.69) is 5.32 Å². The number of hydrogen-bond donors (Lipinski definition) is 1. The van der Waals surface area contributed by atoms with E-state index in [0.29, 0.717) is 11.9 Å². The van der Waals surface area contributed by atoms with Gasteiger partial charge in [-0.05, 0) is 31.0 Å². The molecule has 0 atom stereocenters. The van der Waals surface area contributed by atoms with Crippen LogP contribution in [-0.4, -0.2) is 37.2 Å². The van der Waals surface area contributed by atoms with Crippen molar-refractivity contribution in [1.82, 2.24) is 0 Å². The molecule has 0 spiro atoms. The maximum absolute atomic E-state index is 13.0. The number of amides is 1. The molecule has 0 unspecified atom stereocenters. The maximum atomic E-state index is 13.0. The molecule has 0 aromatic heterocycles. The van der Waals surface area contributed by atoms with Crippen molar-refractivity contribution in [2.75, 3.05) is 31.4 Å². The molecule has 0 saturated heterocycles. The molecule has 2 rings (SSSR count). The lowest BCUT2D eigenvalue weighted by Crippen LogP contribution is -2.19. The number of ether oxygens (including phenoxy) is 2. The Balaban J connectivity index is 2.01. The summed E-state index contributed by atoms with van der Waals surface area (Å²) in [6.45, 7) is 0.480. The average molecular weight is 391 g/mol. The molecule has 8 heteroatoms. The van der Waals surface area contributed by atoms with Gasteiger partial charge in [-0.2, -0.15) is 13.2 Å². The van der Waals surface area contributed by atoms with E-state index in [1.165, 1.54) is 32.4 Å². The van der Waals surface area contributed by atoms with Crippen molar-refractivity contribution >= 4 is 23.4 Å². The quantitative estimate of drug-likeness (QED) is 0.651. The Morgan fingerprint density at radius 3 is 2.62 bits per heavy atom. The van der Waals surface area contributed by atoms with Crippen molar-refractivity contribution in [1.29, 1.82) is 0 Å². The number of carbonyl (C=O) groups is 1. The lowest BCUT2D eigenvalue weighted by Gasteiger charge is -2.21. The summed E-state index contributed by atoms with van der Waals surface area (Å²) in [5.41, 5.74) is -0.794. The lowest BCUT2D eigenvalue weighted by molar-refractivity contribution is -0.137. The summed E-state index contributed by atoms with van der Waals surface area (Å²) in [5, 5.41) is 3.02. The minimum Gasteiger partial charge on any atom is -0.489 e. The predicted octanol–water partition coefficient (Wildman–Crippen LogP) is 4.74. The summed E-state index contributed by atoms with van der Waals surface area (Å²) in [4.78, 5) is 12.2. The van der Waals surface area contributed by atoms with Crippen molar-refractivity contribution in [2.24, 2.45) is 0 Å². The highest BCUT2D eigenvalue weighted by molar-refractivity contribution is 8.00. The Labute approximate surface area is 155 Å². The minimum absolute atomic E-state index is 0.0326. The number of nitrogens with one attached hydrogen (secondary N) is 1. The van der Waals surface area contributed by atoms with Crippen LogP contribution in [0.5, 0.6) is 5.75 Å². The number of anilines is 1. The van der Waals surface area contributed by atoms with E-state index < -0.39 is 11.7 Å². The number of hydrogen-bond acceptors (Lipinski definition) is 4. The van der Waals surface area contributed by atoms with E-state index in [1.54, 1.807) is 11.8 Å². The van der Waals surface area contributed by atoms with Crippen molar-refractivity contribution in [2.45, 2.75) is 43.5 Å². The summed E-state index contributed by atoms with van der Waals surface area (Å²) in [6, 6.07) is 3.07. The van der Waals surface area contributed by atoms with Crippen LogP contribution in [0.15, 0.2) is 18.2 Å². The average Bonchev–Trinajstić information content (AvgIpc) is 2.61. The molecule has 1 saturated carbocycles. The van der Waals surface area contributed by atoms with Crippen LogP contribution in [0.4, 0.5) is 18.9 Å². The third-order valence-corrected chi connectivity index (χ3v) is 5.50. The summed E-state index contributed by atoms with van der Waals surface area (Å²) in [7, 11) is 1.50. The van der Waals surface area contributed by atoms with Gasteiger partial charge in [-0.3, -0.25) is 4.79 Å². The number of carbonyl (C=O) groups excluding carboxylic acids is 1. The van der Waals surface area contributed by atoms with Gasteiger partial charge < -0.3 is 14.8 Å². The smallest absolute Gasteiger partial charge is 0.416 e. The monoisotopic (exact) mass is 391 g/mol. The highest BCUT2D eigenvalue weighted by Gasteiger charge is 2.31. The fraction of sp³-hybridized carbons (Fsp3) is 0.611. The van der Waals surface area contributed by atoms with Gasteiger partial charge in [0.2, 0.25) is 5.91 Å². The molecule has 1 fully saturated rings. The molecule has 1 aliphatic rings. The molecule has 146 valence electrons. The fourth-order valence-electron chi connectivity index (χ4n) is 2.78. The molecule has 1 aliphatic carbocycles. The van der Waals surface area contributed by atoms with Gasteiger partial charge in [-0.1, -0.05) is 19.3 Å². The van der Waals surface area contributed by atoms with Gasteiger partial charge in [0, 0.05) is 12.4 Å². The summed E-state index contributed by atoms with van der Waals surface area (Å²) < 4.78 is 49.2. The number of alkyl halides is 3. The second-order valence-electron chi connectivity index (χ2n) is 6.17. The van der Waals surface area contributed by atoms with Gasteiger partial charge >= 0.3 is 6.18 Å². The topological polar surface area (TPSA) is 47.6 Å². The van der Waals surface area contributed by atoms with E-state index in [0.717, 1.165) is 25.0 Å². The molecule has 1 N–H and O–H groups in total. The predicted molar refractivity (Wildman–Crippen MR) is 96.8 cm³/mol. The molecule has 0 aliphatic heterocycles. The fourth-order valence-corrected chi connectivity index (χ4v) is 3.90. The number of rotatable bonds is 8. The van der Waals surface area contributed by atoms with Gasteiger partial charge in [-0.25, -0.2) is 0 Å². The van der Waals surface area contributed by atoms with Crippen LogP contribution < -0.4 is 10.1 Å². The van der Waals surface area contributed by atoms with Crippen molar-refractivity contribution in [3.63, 3.8) is 0 Å². The summed E-state index contributed by atoms with van der Waals surface area (Å²) >= 11 is 1.57. The van der Waals surface area contributed by atoms with Crippen molar-refractivity contribution in [3.8, 4) is 5.75 Å². The Bertz CT molecular complexity index is 590. The standard InChI is InChI=1S/C18H24F3NO3S/c1-24-9-10-25-16-8-7-13(18(19,20)21)11-15(16)22-17(23)12-26-14-5-3-2-4-6-14/h7-8,11,14H,2-6,9-10,12H2,1H3,(H,22,23). The first kappa shape index (κ1) is 20.9. The minimum atomic E-state index is -4.48. The first-order chi connectivity index (χ1) is 12.4. The van der Waals surface area contributed by atoms with Crippen LogP contribution in [0.3, 0.4) is 0 Å². The maximum Gasteiger partial charge on any atom is 0.416 e. The molecular formula is C18H24F3NO3S. The van der Waals surface area contributed by atoms with Crippen LogP contribution in [0.2, 0.25) is 0 Å². The van der Waals surface area contributed by atoms with Crippen LogP contribution >= 0.6 is 11.8 Å². The molecule has 0 heterocycles. The second-order valence-corrected chi connectivity index (χ2v) is 7.46. The Morgan fingerprint density at radius 1 is 1.23 bits per heavy atom. The number of thioether (sulfide) groups is 1. The van der Waals surface area contributed by atoms with Crippen LogP contribution in [0.25, 0.3) is 0 Å². The molecule has 1 aromatic carbocycles. The van der Waals surface area contributed by atoms with Gasteiger partial charge in [0.15, 0.2) is 0 Å². The Kier molecular flexibility index (Phi) is 8.09. The van der Waals surface area contributed by atoms with Crippen LogP contribution in [0.1, 0.15) is 37.7 Å². The van der Waals surface area contributed by atoms with E-state index in [-0.39, 0.29) is 29.7 Å². The largest absolute Gasteiger partial charge is 0.489 e. The summed E-state index contributed by atoms with van der Waals surface area (Å²) in [5.74, 6) is 0.0980. The van der Waals surface area contributed by atoms with Crippen molar-refractivity contribution < 1.29 is 27.4 Å². The second kappa shape index (κ2) is 10.1. The third kappa shape index (κ3) is 6.72. The zero-order chi connectivity index (χ0) is 19.0. The SMILES string of the molecule is COCCOc1ccc(C(F)(F)F)cc1NC(=O)CSC1CCCCC1. The molecule has 1 amide bonds. The van der Waals surface area contributed by atoms with E-state index in [9.17, 15) is 18.0 Å². The van der Waals surface area contributed by atoms with Gasteiger partial charge in [0.05, 0.1) is 23.6 Å². The molecule has 1 aromatic rings. The Morgan fingerprint density at radius 2 is 1.96 bits per heavy atom. The zero-order valence-electron chi connectivity index (χ0n) is 14.7. The number of benzene rings is 1. The van der Waals surface area contributed by atoms with E-state index >= 15 is 0 Å². The molecular weight excluding hydrogens is 367 g/mol. The van der Waals surface area contributed by atoms with E-state index in [1.807, 2.05) is 0 Å². The van der Waals surface area contributed by atoms with Gasteiger partial charge in [0.1, 0.15) is 12.4 Å². The number of methoxy groups -OCH3 is 1. The van der Waals surface area contributed by atoms with Gasteiger partial charge in [0.25, 0.3) is 0 Å². The number of halogens is 3. The first-order valence-corrected chi connectivity index (χ1v) is 9.69. The first-order valence-electron chi connectivity index (χ1n) is 8.64. The summed E-state index contributed by atoms with van der Waals surface area (Å²) in [6.07, 6.45) is 1.27.